The number of aromatic nitrogens is 1. The fourth-order valence-electron chi connectivity index (χ4n) is 2.03. The number of hydrogen-bond acceptors (Lipinski definition) is 5. The van der Waals surface area contributed by atoms with Gasteiger partial charge in [0.15, 0.2) is 5.13 Å². The molecular formula is C17H14ClN3OS2. The van der Waals surface area contributed by atoms with Crippen molar-refractivity contribution in [2.24, 2.45) is 0 Å². The van der Waals surface area contributed by atoms with Crippen LogP contribution < -0.4 is 11.1 Å². The molecule has 0 atom stereocenters. The van der Waals surface area contributed by atoms with Gasteiger partial charge in [-0.1, -0.05) is 35.9 Å². The van der Waals surface area contributed by atoms with Crippen LogP contribution in [0.4, 0.5) is 10.8 Å². The molecule has 24 heavy (non-hydrogen) atoms. The van der Waals surface area contributed by atoms with Crippen LogP contribution >= 0.6 is 34.7 Å². The van der Waals surface area contributed by atoms with E-state index < -0.39 is 0 Å². The molecule has 3 aromatic rings. The summed E-state index contributed by atoms with van der Waals surface area (Å²) >= 11 is 8.97. The van der Waals surface area contributed by atoms with Crippen LogP contribution in [0.15, 0.2) is 58.8 Å². The van der Waals surface area contributed by atoms with Gasteiger partial charge in [0, 0.05) is 26.5 Å². The van der Waals surface area contributed by atoms with Gasteiger partial charge in [-0.25, -0.2) is 4.98 Å². The van der Waals surface area contributed by atoms with Crippen molar-refractivity contribution < 1.29 is 4.79 Å². The Hall–Kier alpha value is -2.02. The van der Waals surface area contributed by atoms with Crippen molar-refractivity contribution in [1.82, 2.24) is 4.98 Å². The zero-order valence-corrected chi connectivity index (χ0v) is 14.9. The van der Waals surface area contributed by atoms with E-state index in [0.717, 1.165) is 16.2 Å². The molecule has 1 amide bonds. The van der Waals surface area contributed by atoms with Crippen molar-refractivity contribution in [3.8, 4) is 11.3 Å². The van der Waals surface area contributed by atoms with E-state index in [1.807, 2.05) is 53.9 Å². The summed E-state index contributed by atoms with van der Waals surface area (Å²) in [5.74, 6) is 0.187. The quantitative estimate of drug-likeness (QED) is 0.497. The van der Waals surface area contributed by atoms with Gasteiger partial charge < -0.3 is 11.1 Å². The second kappa shape index (κ2) is 7.70. The maximum Gasteiger partial charge on any atom is 0.236 e. The third-order valence-electron chi connectivity index (χ3n) is 3.13. The van der Waals surface area contributed by atoms with Gasteiger partial charge in [-0.15, -0.1) is 23.1 Å². The Morgan fingerprint density at radius 1 is 1.25 bits per heavy atom. The first-order valence-electron chi connectivity index (χ1n) is 7.10. The van der Waals surface area contributed by atoms with Crippen LogP contribution in [0, 0.1) is 0 Å². The summed E-state index contributed by atoms with van der Waals surface area (Å²) in [6.07, 6.45) is 0. The molecule has 2 aromatic carbocycles. The molecule has 3 N–H and O–H groups in total. The molecule has 4 nitrogen and oxygen atoms in total. The first-order valence-corrected chi connectivity index (χ1v) is 9.35. The second-order valence-electron chi connectivity index (χ2n) is 4.93. The van der Waals surface area contributed by atoms with E-state index >= 15 is 0 Å². The molecule has 0 fully saturated rings. The number of benzene rings is 2. The normalized spacial score (nSPS) is 10.5. The van der Waals surface area contributed by atoms with Gasteiger partial charge in [0.2, 0.25) is 5.91 Å². The molecule has 0 aliphatic heterocycles. The molecule has 1 aromatic heterocycles. The highest BCUT2D eigenvalue weighted by Gasteiger charge is 2.10. The van der Waals surface area contributed by atoms with Gasteiger partial charge in [0.1, 0.15) is 0 Å². The highest BCUT2D eigenvalue weighted by atomic mass is 35.5. The van der Waals surface area contributed by atoms with Crippen molar-refractivity contribution in [1.29, 1.82) is 0 Å². The maximum atomic E-state index is 12.1. The Morgan fingerprint density at radius 3 is 2.88 bits per heavy atom. The lowest BCUT2D eigenvalue weighted by Gasteiger charge is -2.03. The van der Waals surface area contributed by atoms with Gasteiger partial charge >= 0.3 is 0 Å². The molecule has 122 valence electrons. The van der Waals surface area contributed by atoms with Crippen LogP contribution in [0.2, 0.25) is 5.02 Å². The average Bonchev–Trinajstić information content (AvgIpc) is 3.02. The van der Waals surface area contributed by atoms with Gasteiger partial charge in [-0.05, 0) is 24.3 Å². The Labute approximate surface area is 153 Å². The summed E-state index contributed by atoms with van der Waals surface area (Å²) in [5, 5.41) is 5.88. The fourth-order valence-corrected chi connectivity index (χ4v) is 3.76. The number of hydrogen-bond donors (Lipinski definition) is 2. The van der Waals surface area contributed by atoms with Crippen molar-refractivity contribution in [2.75, 3.05) is 16.8 Å². The van der Waals surface area contributed by atoms with Crippen LogP contribution in [-0.4, -0.2) is 16.6 Å². The number of carbonyl (C=O) groups excluding carboxylic acids is 1. The number of carbonyl (C=O) groups is 1. The molecule has 7 heteroatoms. The lowest BCUT2D eigenvalue weighted by atomic mass is 10.2. The number of halogens is 1. The van der Waals surface area contributed by atoms with Crippen LogP contribution in [0.5, 0.6) is 0 Å². The average molecular weight is 376 g/mol. The van der Waals surface area contributed by atoms with Gasteiger partial charge in [-0.3, -0.25) is 4.79 Å². The van der Waals surface area contributed by atoms with Gasteiger partial charge in [0.25, 0.3) is 0 Å². The minimum Gasteiger partial charge on any atom is -0.399 e. The summed E-state index contributed by atoms with van der Waals surface area (Å²) in [4.78, 5) is 17.4. The fraction of sp³-hybridized carbons (Fsp3) is 0.0588. The zero-order valence-electron chi connectivity index (χ0n) is 12.5. The largest absolute Gasteiger partial charge is 0.399 e. The molecule has 0 saturated carbocycles. The van der Waals surface area contributed by atoms with Crippen LogP contribution in [0.1, 0.15) is 0 Å². The number of nitrogen functional groups attached to an aromatic ring is 1. The standard InChI is InChI=1S/C17H14ClN3OS2/c18-14-7-2-1-6-13(14)15-9-24-17(20-15)21-16(22)10-23-12-5-3-4-11(19)8-12/h1-9H,10,19H2,(H,20,21,22). The first kappa shape index (κ1) is 16.8. The molecular weight excluding hydrogens is 362 g/mol. The number of amides is 1. The third kappa shape index (κ3) is 4.29. The smallest absolute Gasteiger partial charge is 0.236 e. The predicted octanol–water partition coefficient (Wildman–Crippen LogP) is 4.78. The molecule has 0 unspecified atom stereocenters. The third-order valence-corrected chi connectivity index (χ3v) is 5.21. The summed E-state index contributed by atoms with van der Waals surface area (Å²) < 4.78 is 0. The minimum absolute atomic E-state index is 0.109. The van der Waals surface area contributed by atoms with Gasteiger partial charge in [0.05, 0.1) is 11.4 Å². The van der Waals surface area contributed by atoms with E-state index in [4.69, 9.17) is 17.3 Å². The Kier molecular flexibility index (Phi) is 5.40. The van der Waals surface area contributed by atoms with E-state index in [-0.39, 0.29) is 5.91 Å². The molecule has 3 rings (SSSR count). The number of anilines is 2. The lowest BCUT2D eigenvalue weighted by Crippen LogP contribution is -2.13. The topological polar surface area (TPSA) is 68.0 Å². The Balaban J connectivity index is 1.60. The molecule has 0 radical (unpaired) electrons. The minimum atomic E-state index is -0.109. The molecule has 0 aliphatic rings. The summed E-state index contributed by atoms with van der Waals surface area (Å²) in [5.41, 5.74) is 8.02. The van der Waals surface area contributed by atoms with Crippen molar-refractivity contribution in [3.05, 3.63) is 58.9 Å². The van der Waals surface area contributed by atoms with Gasteiger partial charge in [-0.2, -0.15) is 0 Å². The van der Waals surface area contributed by atoms with Crippen LogP contribution in [0.25, 0.3) is 11.3 Å². The SMILES string of the molecule is Nc1cccc(SCC(=O)Nc2nc(-c3ccccc3Cl)cs2)c1. The van der Waals surface area contributed by atoms with E-state index in [2.05, 4.69) is 10.3 Å². The maximum absolute atomic E-state index is 12.1. The monoisotopic (exact) mass is 375 g/mol. The van der Waals surface area contributed by atoms with E-state index in [1.54, 1.807) is 0 Å². The molecule has 1 heterocycles. The molecule has 0 bridgehead atoms. The number of thioether (sulfide) groups is 1. The highest BCUT2D eigenvalue weighted by molar-refractivity contribution is 8.00. The zero-order chi connectivity index (χ0) is 16.9. The molecule has 0 aliphatic carbocycles. The predicted molar refractivity (Wildman–Crippen MR) is 103 cm³/mol. The Bertz CT molecular complexity index is 866. The van der Waals surface area contributed by atoms with Crippen LogP contribution in [0.3, 0.4) is 0 Å². The summed E-state index contributed by atoms with van der Waals surface area (Å²) in [6, 6.07) is 14.9. The van der Waals surface area contributed by atoms with E-state index in [0.29, 0.717) is 21.6 Å². The summed E-state index contributed by atoms with van der Waals surface area (Å²) in [6.45, 7) is 0. The molecule has 0 spiro atoms. The summed E-state index contributed by atoms with van der Waals surface area (Å²) in [7, 11) is 0. The number of nitrogens with two attached hydrogens (primary N) is 1. The first-order chi connectivity index (χ1) is 11.6. The second-order valence-corrected chi connectivity index (χ2v) is 7.24. The number of thiazole rings is 1. The Morgan fingerprint density at radius 2 is 2.08 bits per heavy atom. The molecule has 0 saturated heterocycles. The van der Waals surface area contributed by atoms with E-state index in [9.17, 15) is 4.79 Å². The van der Waals surface area contributed by atoms with E-state index in [1.165, 1.54) is 23.1 Å². The number of nitrogens with one attached hydrogen (secondary N) is 1. The van der Waals surface area contributed by atoms with Crippen molar-refractivity contribution in [3.63, 3.8) is 0 Å². The lowest BCUT2D eigenvalue weighted by molar-refractivity contribution is -0.113. The number of rotatable bonds is 5. The highest BCUT2D eigenvalue weighted by Crippen LogP contribution is 2.30. The van der Waals surface area contributed by atoms with Crippen molar-refractivity contribution in [2.45, 2.75) is 4.90 Å². The van der Waals surface area contributed by atoms with Crippen molar-refractivity contribution >= 4 is 51.4 Å². The van der Waals surface area contributed by atoms with Crippen LogP contribution in [-0.2, 0) is 4.79 Å². The number of nitrogens with zero attached hydrogens (tertiary/aromatic N) is 1.